The summed E-state index contributed by atoms with van der Waals surface area (Å²) in [5, 5.41) is 0. The predicted molar refractivity (Wildman–Crippen MR) is 73.9 cm³/mol. The summed E-state index contributed by atoms with van der Waals surface area (Å²) in [6.45, 7) is 4.43. The molecule has 4 nitrogen and oxygen atoms in total. The summed E-state index contributed by atoms with van der Waals surface area (Å²) in [7, 11) is -4.29. The van der Waals surface area contributed by atoms with Crippen LogP contribution >= 0.6 is 0 Å². The van der Waals surface area contributed by atoms with E-state index in [1.807, 2.05) is 0 Å². The van der Waals surface area contributed by atoms with Gasteiger partial charge in [0.25, 0.3) is 0 Å². The highest BCUT2D eigenvalue weighted by atomic mass is 32.3. The molecule has 0 aromatic heterocycles. The molecule has 0 aromatic carbocycles. The Hall–Kier alpha value is -0.130. The predicted octanol–water partition coefficient (Wildman–Crippen LogP) is 3.97. The first-order valence-electron chi connectivity index (χ1n) is 7.11. The van der Waals surface area contributed by atoms with Gasteiger partial charge in [-0.15, -0.1) is 0 Å². The van der Waals surface area contributed by atoms with Crippen LogP contribution in [0.5, 0.6) is 0 Å². The molecule has 1 atom stereocenters. The first kappa shape index (κ1) is 17.9. The maximum Gasteiger partial charge on any atom is 0.397 e. The van der Waals surface area contributed by atoms with E-state index in [0.717, 1.165) is 38.5 Å². The first-order chi connectivity index (χ1) is 8.49. The lowest BCUT2D eigenvalue weighted by Gasteiger charge is -2.15. The van der Waals surface area contributed by atoms with E-state index < -0.39 is 10.4 Å². The molecule has 0 aliphatic heterocycles. The fourth-order valence-electron chi connectivity index (χ4n) is 2.04. The van der Waals surface area contributed by atoms with Crippen molar-refractivity contribution >= 4 is 10.4 Å². The van der Waals surface area contributed by atoms with Crippen molar-refractivity contribution in [3.63, 3.8) is 0 Å². The van der Waals surface area contributed by atoms with Crippen LogP contribution in [-0.2, 0) is 14.6 Å². The molecule has 0 aromatic rings. The molecule has 0 saturated heterocycles. The van der Waals surface area contributed by atoms with Crippen LogP contribution in [0.15, 0.2) is 0 Å². The van der Waals surface area contributed by atoms with E-state index in [0.29, 0.717) is 0 Å². The Morgan fingerprint density at radius 3 is 1.94 bits per heavy atom. The molecule has 0 unspecified atom stereocenters. The van der Waals surface area contributed by atoms with Gasteiger partial charge < -0.3 is 0 Å². The largest absolute Gasteiger partial charge is 0.397 e. The van der Waals surface area contributed by atoms with E-state index in [9.17, 15) is 8.42 Å². The second-order valence-corrected chi connectivity index (χ2v) is 6.01. The van der Waals surface area contributed by atoms with Gasteiger partial charge in [-0.25, -0.2) is 4.18 Å². The quantitative estimate of drug-likeness (QED) is 0.434. The van der Waals surface area contributed by atoms with Gasteiger partial charge in [-0.2, -0.15) is 8.42 Å². The third kappa shape index (κ3) is 12.3. The van der Waals surface area contributed by atoms with Crippen molar-refractivity contribution in [3.8, 4) is 0 Å². The van der Waals surface area contributed by atoms with Crippen molar-refractivity contribution in [3.05, 3.63) is 0 Å². The lowest BCUT2D eigenvalue weighted by molar-refractivity contribution is 0.204. The van der Waals surface area contributed by atoms with Gasteiger partial charge >= 0.3 is 10.4 Å². The molecule has 5 heteroatoms. The van der Waals surface area contributed by atoms with Crippen LogP contribution in [0.4, 0.5) is 0 Å². The van der Waals surface area contributed by atoms with E-state index in [1.165, 1.54) is 19.3 Å². The fraction of sp³-hybridized carbons (Fsp3) is 1.00. The molecule has 0 saturated carbocycles. The van der Waals surface area contributed by atoms with Gasteiger partial charge in [-0.1, -0.05) is 58.8 Å². The second kappa shape index (κ2) is 10.8. The standard InChI is InChI=1S/C13H28O4S/c1-3-5-7-9-11-13(10-8-6-4-2)12-17-18(14,15)16/h13H,3-12H2,1-2H3,(H,14,15,16)/t13-/m0/s1. The Labute approximate surface area is 112 Å². The zero-order valence-corrected chi connectivity index (χ0v) is 12.5. The molecule has 110 valence electrons. The van der Waals surface area contributed by atoms with E-state index >= 15 is 0 Å². The van der Waals surface area contributed by atoms with Crippen molar-refractivity contribution in [2.45, 2.75) is 71.6 Å². The minimum Gasteiger partial charge on any atom is -0.264 e. The van der Waals surface area contributed by atoms with Crippen molar-refractivity contribution in [1.82, 2.24) is 0 Å². The van der Waals surface area contributed by atoms with Crippen LogP contribution in [0, 0.1) is 5.92 Å². The lowest BCUT2D eigenvalue weighted by Crippen LogP contribution is -2.14. The van der Waals surface area contributed by atoms with Crippen LogP contribution in [-0.4, -0.2) is 19.6 Å². The Morgan fingerprint density at radius 1 is 0.944 bits per heavy atom. The smallest absolute Gasteiger partial charge is 0.264 e. The normalized spacial score (nSPS) is 13.7. The highest BCUT2D eigenvalue weighted by Gasteiger charge is 2.13. The molecule has 0 spiro atoms. The zero-order chi connectivity index (χ0) is 13.9. The molecule has 18 heavy (non-hydrogen) atoms. The summed E-state index contributed by atoms with van der Waals surface area (Å²) >= 11 is 0. The number of rotatable bonds is 12. The summed E-state index contributed by atoms with van der Waals surface area (Å²) in [6, 6.07) is 0. The number of hydrogen-bond donors (Lipinski definition) is 1. The summed E-state index contributed by atoms with van der Waals surface area (Å²) in [6.07, 6.45) is 10.1. The van der Waals surface area contributed by atoms with Crippen molar-refractivity contribution in [1.29, 1.82) is 0 Å². The topological polar surface area (TPSA) is 63.6 Å². The molecular formula is C13H28O4S. The Balaban J connectivity index is 3.91. The fourth-order valence-corrected chi connectivity index (χ4v) is 2.40. The lowest BCUT2D eigenvalue weighted by atomic mass is 9.95. The summed E-state index contributed by atoms with van der Waals surface area (Å²) in [5.74, 6) is 0.246. The van der Waals surface area contributed by atoms with E-state index in [1.54, 1.807) is 0 Å². The summed E-state index contributed by atoms with van der Waals surface area (Å²) < 4.78 is 34.3. The third-order valence-corrected chi connectivity index (χ3v) is 3.57. The van der Waals surface area contributed by atoms with Gasteiger partial charge in [-0.05, 0) is 18.8 Å². The highest BCUT2D eigenvalue weighted by Crippen LogP contribution is 2.19. The molecule has 1 N–H and O–H groups in total. The monoisotopic (exact) mass is 280 g/mol. The van der Waals surface area contributed by atoms with Gasteiger partial charge in [-0.3, -0.25) is 4.55 Å². The highest BCUT2D eigenvalue weighted by molar-refractivity contribution is 7.80. The molecule has 0 amide bonds. The molecular weight excluding hydrogens is 252 g/mol. The van der Waals surface area contributed by atoms with Crippen LogP contribution in [0.25, 0.3) is 0 Å². The maximum absolute atomic E-state index is 10.6. The third-order valence-electron chi connectivity index (χ3n) is 3.13. The molecule has 0 bridgehead atoms. The zero-order valence-electron chi connectivity index (χ0n) is 11.7. The van der Waals surface area contributed by atoms with Gasteiger partial charge in [0.05, 0.1) is 6.61 Å². The summed E-state index contributed by atoms with van der Waals surface area (Å²) in [5.41, 5.74) is 0. The summed E-state index contributed by atoms with van der Waals surface area (Å²) in [4.78, 5) is 0. The van der Waals surface area contributed by atoms with Crippen molar-refractivity contribution in [2.24, 2.45) is 5.92 Å². The molecule has 0 heterocycles. The SMILES string of the molecule is CCCCCC[C@H](CCCCC)COS(=O)(=O)O. The van der Waals surface area contributed by atoms with Crippen molar-refractivity contribution < 1.29 is 17.2 Å². The van der Waals surface area contributed by atoms with Gasteiger partial charge in [0.1, 0.15) is 0 Å². The Kier molecular flexibility index (Phi) is 10.7. The molecule has 0 rings (SSSR count). The minimum atomic E-state index is -4.29. The van der Waals surface area contributed by atoms with Crippen molar-refractivity contribution in [2.75, 3.05) is 6.61 Å². The minimum absolute atomic E-state index is 0.120. The van der Waals surface area contributed by atoms with Gasteiger partial charge in [0, 0.05) is 0 Å². The average molecular weight is 280 g/mol. The number of hydrogen-bond acceptors (Lipinski definition) is 3. The molecule has 0 aliphatic carbocycles. The molecule has 0 fully saturated rings. The van der Waals surface area contributed by atoms with E-state index in [-0.39, 0.29) is 12.5 Å². The molecule has 0 radical (unpaired) electrons. The van der Waals surface area contributed by atoms with E-state index in [2.05, 4.69) is 18.0 Å². The van der Waals surface area contributed by atoms with Crippen LogP contribution in [0.2, 0.25) is 0 Å². The van der Waals surface area contributed by atoms with Gasteiger partial charge in [0.15, 0.2) is 0 Å². The van der Waals surface area contributed by atoms with Crippen LogP contribution in [0.3, 0.4) is 0 Å². The van der Waals surface area contributed by atoms with Crippen LogP contribution < -0.4 is 0 Å². The average Bonchev–Trinajstić information content (AvgIpc) is 2.29. The second-order valence-electron chi connectivity index (χ2n) is 4.92. The number of unbranched alkanes of at least 4 members (excludes halogenated alkanes) is 5. The maximum atomic E-state index is 10.6. The van der Waals surface area contributed by atoms with E-state index in [4.69, 9.17) is 4.55 Å². The van der Waals surface area contributed by atoms with Crippen LogP contribution in [0.1, 0.15) is 71.6 Å². The molecule has 0 aliphatic rings. The Morgan fingerprint density at radius 2 is 1.44 bits per heavy atom. The first-order valence-corrected chi connectivity index (χ1v) is 8.48. The Bertz CT molecular complexity index is 275. The van der Waals surface area contributed by atoms with Gasteiger partial charge in [0.2, 0.25) is 0 Å².